The van der Waals surface area contributed by atoms with E-state index in [1.165, 1.54) is 0 Å². The van der Waals surface area contributed by atoms with Gasteiger partial charge in [0, 0.05) is 41.9 Å². The minimum absolute atomic E-state index is 0.191. The number of amides is 1. The number of benzene rings is 1. The highest BCUT2D eigenvalue weighted by Gasteiger charge is 2.09. The van der Waals surface area contributed by atoms with Crippen molar-refractivity contribution < 1.29 is 9.53 Å². The quantitative estimate of drug-likeness (QED) is 0.720. The summed E-state index contributed by atoms with van der Waals surface area (Å²) in [5.74, 6) is 0.781. The molecule has 2 N–H and O–H groups in total. The molecule has 3 aromatic rings. The molecule has 0 atom stereocenters. The molecule has 3 rings (SSSR count). The molecule has 0 saturated heterocycles. The summed E-state index contributed by atoms with van der Waals surface area (Å²) in [5, 5.41) is 5.92. The molecule has 0 fully saturated rings. The molecule has 7 heteroatoms. The Morgan fingerprint density at radius 2 is 1.84 bits per heavy atom. The van der Waals surface area contributed by atoms with Gasteiger partial charge < -0.3 is 15.4 Å². The average Bonchev–Trinajstić information content (AvgIpc) is 2.67. The number of rotatable bonds is 6. The maximum absolute atomic E-state index is 12.4. The molecular formula is C18H17N5O2. The molecule has 0 spiro atoms. The van der Waals surface area contributed by atoms with Crippen molar-refractivity contribution in [3.63, 3.8) is 0 Å². The molecule has 0 unspecified atom stereocenters. The summed E-state index contributed by atoms with van der Waals surface area (Å²) in [6, 6.07) is 12.5. The van der Waals surface area contributed by atoms with Crippen LogP contribution in [0.3, 0.4) is 0 Å². The highest BCUT2D eigenvalue weighted by Crippen LogP contribution is 2.16. The van der Waals surface area contributed by atoms with Crippen LogP contribution in [0.2, 0.25) is 0 Å². The molecule has 2 heterocycles. The lowest BCUT2D eigenvalue weighted by molar-refractivity contribution is 0.0950. The van der Waals surface area contributed by atoms with Crippen LogP contribution in [0, 0.1) is 0 Å². The van der Waals surface area contributed by atoms with E-state index in [1.807, 2.05) is 12.1 Å². The SMILES string of the molecule is COc1ncccc1CNC(=O)c1cccc(Nc2ncccn2)c1. The number of anilines is 2. The standard InChI is InChI=1S/C18H17N5O2/c1-25-17-14(6-3-8-19-17)12-22-16(24)13-5-2-7-15(11-13)23-18-20-9-4-10-21-18/h2-11H,12H2,1H3,(H,22,24)(H,20,21,23). The molecule has 0 aliphatic rings. The fourth-order valence-electron chi connectivity index (χ4n) is 2.25. The number of hydrogen-bond acceptors (Lipinski definition) is 6. The number of methoxy groups -OCH3 is 1. The first-order chi connectivity index (χ1) is 12.3. The van der Waals surface area contributed by atoms with Crippen LogP contribution >= 0.6 is 0 Å². The fourth-order valence-corrected chi connectivity index (χ4v) is 2.25. The van der Waals surface area contributed by atoms with Crippen molar-refractivity contribution >= 4 is 17.5 Å². The molecule has 2 aromatic heterocycles. The topological polar surface area (TPSA) is 89.0 Å². The van der Waals surface area contributed by atoms with E-state index in [2.05, 4.69) is 25.6 Å². The predicted octanol–water partition coefficient (Wildman–Crippen LogP) is 2.55. The third-order valence-corrected chi connectivity index (χ3v) is 3.43. The first-order valence-electron chi connectivity index (χ1n) is 7.66. The van der Waals surface area contributed by atoms with E-state index in [9.17, 15) is 4.79 Å². The molecule has 0 aliphatic carbocycles. The molecule has 0 aliphatic heterocycles. The van der Waals surface area contributed by atoms with E-state index in [0.29, 0.717) is 23.9 Å². The first kappa shape index (κ1) is 16.4. The van der Waals surface area contributed by atoms with Gasteiger partial charge in [-0.05, 0) is 30.3 Å². The Kier molecular flexibility index (Phi) is 5.16. The normalized spacial score (nSPS) is 10.1. The Balaban J connectivity index is 1.67. The van der Waals surface area contributed by atoms with Crippen LogP contribution in [0.5, 0.6) is 5.88 Å². The van der Waals surface area contributed by atoms with Gasteiger partial charge in [-0.15, -0.1) is 0 Å². The van der Waals surface area contributed by atoms with Crippen molar-refractivity contribution in [1.29, 1.82) is 0 Å². The van der Waals surface area contributed by atoms with Gasteiger partial charge in [0.1, 0.15) is 0 Å². The summed E-state index contributed by atoms with van der Waals surface area (Å²) in [7, 11) is 1.55. The van der Waals surface area contributed by atoms with Crippen molar-refractivity contribution in [3.8, 4) is 5.88 Å². The zero-order valence-corrected chi connectivity index (χ0v) is 13.6. The molecule has 25 heavy (non-hydrogen) atoms. The van der Waals surface area contributed by atoms with Crippen molar-refractivity contribution in [2.24, 2.45) is 0 Å². The summed E-state index contributed by atoms with van der Waals surface area (Å²) < 4.78 is 5.18. The number of pyridine rings is 1. The number of aromatic nitrogens is 3. The monoisotopic (exact) mass is 335 g/mol. The van der Waals surface area contributed by atoms with Gasteiger partial charge in [-0.3, -0.25) is 4.79 Å². The van der Waals surface area contributed by atoms with Crippen LogP contribution in [0.25, 0.3) is 0 Å². The zero-order chi connectivity index (χ0) is 17.5. The van der Waals surface area contributed by atoms with Gasteiger partial charge in [-0.2, -0.15) is 0 Å². The number of carbonyl (C=O) groups is 1. The van der Waals surface area contributed by atoms with E-state index in [1.54, 1.807) is 56.0 Å². The van der Waals surface area contributed by atoms with Gasteiger partial charge >= 0.3 is 0 Å². The van der Waals surface area contributed by atoms with Crippen molar-refractivity contribution in [2.45, 2.75) is 6.54 Å². The van der Waals surface area contributed by atoms with Crippen molar-refractivity contribution in [2.75, 3.05) is 12.4 Å². The van der Waals surface area contributed by atoms with Crippen LogP contribution in [0.4, 0.5) is 11.6 Å². The summed E-state index contributed by atoms with van der Waals surface area (Å²) in [6.45, 7) is 0.329. The minimum Gasteiger partial charge on any atom is -0.481 e. The highest BCUT2D eigenvalue weighted by molar-refractivity contribution is 5.95. The second-order valence-electron chi connectivity index (χ2n) is 5.13. The van der Waals surface area contributed by atoms with Crippen LogP contribution in [-0.4, -0.2) is 28.0 Å². The van der Waals surface area contributed by atoms with Crippen LogP contribution in [0.15, 0.2) is 61.1 Å². The molecule has 0 radical (unpaired) electrons. The molecule has 126 valence electrons. The lowest BCUT2D eigenvalue weighted by Gasteiger charge is -2.10. The van der Waals surface area contributed by atoms with Crippen molar-refractivity contribution in [1.82, 2.24) is 20.3 Å². The minimum atomic E-state index is -0.191. The lowest BCUT2D eigenvalue weighted by Crippen LogP contribution is -2.23. The smallest absolute Gasteiger partial charge is 0.251 e. The number of hydrogen-bond donors (Lipinski definition) is 2. The van der Waals surface area contributed by atoms with Crippen LogP contribution < -0.4 is 15.4 Å². The van der Waals surface area contributed by atoms with Crippen LogP contribution in [-0.2, 0) is 6.54 Å². The second kappa shape index (κ2) is 7.87. The van der Waals surface area contributed by atoms with E-state index in [0.717, 1.165) is 11.3 Å². The third kappa shape index (κ3) is 4.29. The van der Waals surface area contributed by atoms with E-state index >= 15 is 0 Å². The number of nitrogens with zero attached hydrogens (tertiary/aromatic N) is 3. The average molecular weight is 335 g/mol. The summed E-state index contributed by atoms with van der Waals surface area (Å²) in [5.41, 5.74) is 2.08. The maximum Gasteiger partial charge on any atom is 0.251 e. The fraction of sp³-hybridized carbons (Fsp3) is 0.111. The van der Waals surface area contributed by atoms with Gasteiger partial charge in [0.2, 0.25) is 11.8 Å². The zero-order valence-electron chi connectivity index (χ0n) is 13.6. The Morgan fingerprint density at radius 3 is 2.64 bits per heavy atom. The summed E-state index contributed by atoms with van der Waals surface area (Å²) in [6.07, 6.45) is 4.94. The molecule has 1 aromatic carbocycles. The lowest BCUT2D eigenvalue weighted by atomic mass is 10.2. The Bertz CT molecular complexity index is 855. The Morgan fingerprint density at radius 1 is 1.04 bits per heavy atom. The summed E-state index contributed by atoms with van der Waals surface area (Å²) in [4.78, 5) is 24.7. The summed E-state index contributed by atoms with van der Waals surface area (Å²) >= 11 is 0. The molecule has 7 nitrogen and oxygen atoms in total. The second-order valence-corrected chi connectivity index (χ2v) is 5.13. The number of nitrogens with one attached hydrogen (secondary N) is 2. The number of carbonyl (C=O) groups excluding carboxylic acids is 1. The van der Waals surface area contributed by atoms with Gasteiger partial charge in [-0.25, -0.2) is 15.0 Å². The van der Waals surface area contributed by atoms with Gasteiger partial charge in [0.05, 0.1) is 7.11 Å². The van der Waals surface area contributed by atoms with E-state index in [-0.39, 0.29) is 5.91 Å². The Labute approximate surface area is 145 Å². The predicted molar refractivity (Wildman–Crippen MR) is 93.7 cm³/mol. The highest BCUT2D eigenvalue weighted by atomic mass is 16.5. The third-order valence-electron chi connectivity index (χ3n) is 3.43. The number of ether oxygens (including phenoxy) is 1. The van der Waals surface area contributed by atoms with Gasteiger partial charge in [0.25, 0.3) is 5.91 Å². The first-order valence-corrected chi connectivity index (χ1v) is 7.66. The van der Waals surface area contributed by atoms with Crippen molar-refractivity contribution in [3.05, 3.63) is 72.2 Å². The largest absolute Gasteiger partial charge is 0.481 e. The van der Waals surface area contributed by atoms with Gasteiger partial charge in [-0.1, -0.05) is 12.1 Å². The molecular weight excluding hydrogens is 318 g/mol. The van der Waals surface area contributed by atoms with E-state index < -0.39 is 0 Å². The Hall–Kier alpha value is -3.48. The molecule has 1 amide bonds. The van der Waals surface area contributed by atoms with Crippen LogP contribution in [0.1, 0.15) is 15.9 Å². The molecule has 0 bridgehead atoms. The van der Waals surface area contributed by atoms with Gasteiger partial charge in [0.15, 0.2) is 0 Å². The van der Waals surface area contributed by atoms with E-state index in [4.69, 9.17) is 4.74 Å². The maximum atomic E-state index is 12.4. The molecule has 0 saturated carbocycles.